The smallest absolute Gasteiger partial charge is 0.246 e. The normalized spacial score (nSPS) is 18.0. The number of ether oxygens (including phenoxy) is 1. The molecule has 92 valence electrons. The fraction of sp³-hybridized carbons (Fsp3) is 0.417. The van der Waals surface area contributed by atoms with Crippen LogP contribution in [0.25, 0.3) is 0 Å². The average Bonchev–Trinajstić information content (AvgIpc) is 2.61. The molecule has 0 fully saturated rings. The maximum absolute atomic E-state index is 11.8. The van der Waals surface area contributed by atoms with Crippen molar-refractivity contribution in [3.63, 3.8) is 0 Å². The number of hydrogen-bond donors (Lipinski definition) is 2. The molecule has 17 heavy (non-hydrogen) atoms. The van der Waals surface area contributed by atoms with Gasteiger partial charge in [0, 0.05) is 28.9 Å². The summed E-state index contributed by atoms with van der Waals surface area (Å²) >= 11 is 3.41. The second kappa shape index (κ2) is 5.62. The van der Waals surface area contributed by atoms with Gasteiger partial charge in [-0.1, -0.05) is 15.9 Å². The first-order valence-corrected chi connectivity index (χ1v) is 6.43. The SMILES string of the molecule is CCOCCNC1C(=O)Nc2ccc(Br)cc21. The van der Waals surface area contributed by atoms with Gasteiger partial charge in [-0.25, -0.2) is 0 Å². The summed E-state index contributed by atoms with van der Waals surface area (Å²) in [5.74, 6) is -0.00500. The Kier molecular flexibility index (Phi) is 4.15. The average molecular weight is 299 g/mol. The molecule has 1 aliphatic rings. The van der Waals surface area contributed by atoms with E-state index < -0.39 is 0 Å². The fourth-order valence-electron chi connectivity index (χ4n) is 1.85. The summed E-state index contributed by atoms with van der Waals surface area (Å²) in [4.78, 5) is 11.8. The van der Waals surface area contributed by atoms with Crippen LogP contribution in [0.15, 0.2) is 22.7 Å². The van der Waals surface area contributed by atoms with Gasteiger partial charge in [0.25, 0.3) is 0 Å². The molecule has 2 N–H and O–H groups in total. The molecule has 1 aromatic rings. The van der Waals surface area contributed by atoms with Crippen molar-refractivity contribution in [3.05, 3.63) is 28.2 Å². The highest BCUT2D eigenvalue weighted by Crippen LogP contribution is 2.32. The molecule has 0 saturated heterocycles. The molecule has 0 saturated carbocycles. The lowest BCUT2D eigenvalue weighted by atomic mass is 10.1. The summed E-state index contributed by atoms with van der Waals surface area (Å²) in [5.41, 5.74) is 1.87. The van der Waals surface area contributed by atoms with Crippen LogP contribution in [0.4, 0.5) is 5.69 Å². The van der Waals surface area contributed by atoms with Gasteiger partial charge in [-0.2, -0.15) is 0 Å². The van der Waals surface area contributed by atoms with Crippen LogP contribution in [-0.4, -0.2) is 25.7 Å². The maximum atomic E-state index is 11.8. The van der Waals surface area contributed by atoms with Crippen molar-refractivity contribution >= 4 is 27.5 Å². The van der Waals surface area contributed by atoms with Gasteiger partial charge in [0.05, 0.1) is 6.61 Å². The van der Waals surface area contributed by atoms with Crippen LogP contribution in [0.3, 0.4) is 0 Å². The van der Waals surface area contributed by atoms with Crippen LogP contribution in [0.2, 0.25) is 0 Å². The van der Waals surface area contributed by atoms with Crippen molar-refractivity contribution in [1.82, 2.24) is 5.32 Å². The Morgan fingerprint density at radius 2 is 2.35 bits per heavy atom. The summed E-state index contributed by atoms with van der Waals surface area (Å²) in [5, 5.41) is 6.04. The number of carbonyl (C=O) groups is 1. The molecule has 0 radical (unpaired) electrons. The highest BCUT2D eigenvalue weighted by molar-refractivity contribution is 9.10. The Bertz CT molecular complexity index is 423. The standard InChI is InChI=1S/C12H15BrN2O2/c1-2-17-6-5-14-11-9-7-8(13)3-4-10(9)15-12(11)16/h3-4,7,11,14H,2,5-6H2,1H3,(H,15,16). The van der Waals surface area contributed by atoms with E-state index in [0.29, 0.717) is 19.8 Å². The molecule has 1 atom stereocenters. The van der Waals surface area contributed by atoms with Crippen LogP contribution in [0.5, 0.6) is 0 Å². The molecule has 1 heterocycles. The molecule has 4 nitrogen and oxygen atoms in total. The fourth-order valence-corrected chi connectivity index (χ4v) is 2.23. The third-order valence-electron chi connectivity index (χ3n) is 2.64. The minimum Gasteiger partial charge on any atom is -0.380 e. The van der Waals surface area contributed by atoms with E-state index in [1.165, 1.54) is 0 Å². The van der Waals surface area contributed by atoms with Crippen molar-refractivity contribution in [2.45, 2.75) is 13.0 Å². The zero-order valence-corrected chi connectivity index (χ0v) is 11.2. The predicted octanol–water partition coefficient (Wildman–Crippen LogP) is 2.07. The van der Waals surface area contributed by atoms with Gasteiger partial charge in [-0.3, -0.25) is 10.1 Å². The van der Waals surface area contributed by atoms with E-state index in [1.807, 2.05) is 25.1 Å². The largest absolute Gasteiger partial charge is 0.380 e. The second-order valence-corrected chi connectivity index (χ2v) is 4.72. The lowest BCUT2D eigenvalue weighted by Gasteiger charge is -2.11. The Hall–Kier alpha value is -0.910. The van der Waals surface area contributed by atoms with E-state index in [4.69, 9.17) is 4.74 Å². The molecule has 0 spiro atoms. The van der Waals surface area contributed by atoms with E-state index in [1.54, 1.807) is 0 Å². The van der Waals surface area contributed by atoms with E-state index in [9.17, 15) is 4.79 Å². The summed E-state index contributed by atoms with van der Waals surface area (Å²) < 4.78 is 6.21. The number of rotatable bonds is 5. The lowest BCUT2D eigenvalue weighted by molar-refractivity contribution is -0.117. The molecule has 1 aliphatic heterocycles. The molecule has 1 unspecified atom stereocenters. The zero-order chi connectivity index (χ0) is 12.3. The number of fused-ring (bicyclic) bond motifs is 1. The predicted molar refractivity (Wildman–Crippen MR) is 70.0 cm³/mol. The number of benzene rings is 1. The Morgan fingerprint density at radius 3 is 3.12 bits per heavy atom. The summed E-state index contributed by atoms with van der Waals surface area (Å²) in [6.45, 7) is 3.93. The van der Waals surface area contributed by atoms with Gasteiger partial charge in [0.15, 0.2) is 0 Å². The van der Waals surface area contributed by atoms with Crippen LogP contribution < -0.4 is 10.6 Å². The number of nitrogens with one attached hydrogen (secondary N) is 2. The Balaban J connectivity index is 2.03. The maximum Gasteiger partial charge on any atom is 0.246 e. The van der Waals surface area contributed by atoms with Gasteiger partial charge in [0.2, 0.25) is 5.91 Å². The molecular weight excluding hydrogens is 284 g/mol. The first-order chi connectivity index (χ1) is 8.22. The van der Waals surface area contributed by atoms with Crippen molar-refractivity contribution < 1.29 is 9.53 Å². The van der Waals surface area contributed by atoms with Crippen LogP contribution in [0, 0.1) is 0 Å². The molecule has 0 aromatic heterocycles. The van der Waals surface area contributed by atoms with Gasteiger partial charge in [-0.15, -0.1) is 0 Å². The van der Waals surface area contributed by atoms with E-state index >= 15 is 0 Å². The highest BCUT2D eigenvalue weighted by atomic mass is 79.9. The third kappa shape index (κ3) is 2.86. The Morgan fingerprint density at radius 1 is 1.53 bits per heavy atom. The topological polar surface area (TPSA) is 50.4 Å². The zero-order valence-electron chi connectivity index (χ0n) is 9.63. The minimum atomic E-state index is -0.275. The van der Waals surface area contributed by atoms with Crippen molar-refractivity contribution in [2.24, 2.45) is 0 Å². The summed E-state index contributed by atoms with van der Waals surface area (Å²) in [7, 11) is 0. The molecule has 1 amide bonds. The summed E-state index contributed by atoms with van der Waals surface area (Å²) in [6.07, 6.45) is 0. The number of anilines is 1. The molecule has 0 bridgehead atoms. The lowest BCUT2D eigenvalue weighted by Crippen LogP contribution is -2.30. The highest BCUT2D eigenvalue weighted by Gasteiger charge is 2.29. The molecule has 0 aliphatic carbocycles. The van der Waals surface area contributed by atoms with E-state index in [0.717, 1.165) is 15.7 Å². The number of carbonyl (C=O) groups excluding carboxylic acids is 1. The third-order valence-corrected chi connectivity index (χ3v) is 3.14. The molecular formula is C12H15BrN2O2. The van der Waals surface area contributed by atoms with Crippen LogP contribution in [-0.2, 0) is 9.53 Å². The molecule has 2 rings (SSSR count). The van der Waals surface area contributed by atoms with Crippen LogP contribution >= 0.6 is 15.9 Å². The first kappa shape index (κ1) is 12.5. The van der Waals surface area contributed by atoms with Gasteiger partial charge in [-0.05, 0) is 25.1 Å². The van der Waals surface area contributed by atoms with E-state index in [2.05, 4.69) is 26.6 Å². The van der Waals surface area contributed by atoms with Crippen molar-refractivity contribution in [1.29, 1.82) is 0 Å². The van der Waals surface area contributed by atoms with Gasteiger partial charge in [0.1, 0.15) is 6.04 Å². The quantitative estimate of drug-likeness (QED) is 0.818. The monoisotopic (exact) mass is 298 g/mol. The van der Waals surface area contributed by atoms with E-state index in [-0.39, 0.29) is 11.9 Å². The summed E-state index contributed by atoms with van der Waals surface area (Å²) in [6, 6.07) is 5.51. The van der Waals surface area contributed by atoms with Crippen molar-refractivity contribution in [3.8, 4) is 0 Å². The number of amides is 1. The molecule has 1 aromatic carbocycles. The number of hydrogen-bond acceptors (Lipinski definition) is 3. The minimum absolute atomic E-state index is 0.00500. The van der Waals surface area contributed by atoms with Crippen LogP contribution in [0.1, 0.15) is 18.5 Å². The Labute approximate surface area is 109 Å². The van der Waals surface area contributed by atoms with Gasteiger partial charge >= 0.3 is 0 Å². The second-order valence-electron chi connectivity index (χ2n) is 3.80. The molecule has 5 heteroatoms. The van der Waals surface area contributed by atoms with Crippen molar-refractivity contribution in [2.75, 3.05) is 25.1 Å². The number of halogens is 1. The first-order valence-electron chi connectivity index (χ1n) is 5.64. The van der Waals surface area contributed by atoms with Gasteiger partial charge < -0.3 is 10.1 Å².